The molecule has 0 bridgehead atoms. The topological polar surface area (TPSA) is 138 Å². The monoisotopic (exact) mass is 1010 g/mol. The standard InChI is InChI=1S/2C28H28F3N5O/c2*1-17-15-34-35(4)26(17)18-13-24-25(33-16-18)20-9-8-19(27(2,3)37)14-23(20)36(24)22(10-11-28(29,30)31)21-7-5-6-12-32-21/h2*5-9,12-16,22,37H,10-11H2,1-4H3. The maximum atomic E-state index is 13.5. The van der Waals surface area contributed by atoms with Crippen molar-refractivity contribution in [2.24, 2.45) is 14.1 Å². The quantitative estimate of drug-likeness (QED) is 0.115. The molecular formula is C56H56F6N10O2. The summed E-state index contributed by atoms with van der Waals surface area (Å²) in [6, 6.07) is 24.2. The van der Waals surface area contributed by atoms with E-state index in [4.69, 9.17) is 9.97 Å². The van der Waals surface area contributed by atoms with Crippen LogP contribution in [-0.2, 0) is 25.3 Å². The molecule has 2 aromatic carbocycles. The Kier molecular flexibility index (Phi) is 13.5. The third-order valence-electron chi connectivity index (χ3n) is 13.6. The molecule has 12 nitrogen and oxygen atoms in total. The van der Waals surface area contributed by atoms with Gasteiger partial charge in [-0.3, -0.25) is 29.3 Å². The summed E-state index contributed by atoms with van der Waals surface area (Å²) in [5, 5.41) is 31.7. The average molecular weight is 1020 g/mol. The van der Waals surface area contributed by atoms with Gasteiger partial charge in [0.2, 0.25) is 0 Å². The van der Waals surface area contributed by atoms with Crippen LogP contribution in [0.2, 0.25) is 0 Å². The van der Waals surface area contributed by atoms with Crippen LogP contribution in [0.4, 0.5) is 26.3 Å². The highest BCUT2D eigenvalue weighted by Gasteiger charge is 2.34. The highest BCUT2D eigenvalue weighted by molar-refractivity contribution is 6.08. The number of fused-ring (bicyclic) bond motifs is 6. The number of aromatic nitrogens is 10. The van der Waals surface area contributed by atoms with Crippen molar-refractivity contribution in [1.29, 1.82) is 0 Å². The van der Waals surface area contributed by atoms with Crippen LogP contribution in [0.3, 0.4) is 0 Å². The van der Waals surface area contributed by atoms with Crippen molar-refractivity contribution in [3.05, 3.63) is 156 Å². The molecule has 2 unspecified atom stereocenters. The lowest BCUT2D eigenvalue weighted by Gasteiger charge is -2.23. The minimum Gasteiger partial charge on any atom is -0.386 e. The molecule has 0 radical (unpaired) electrons. The SMILES string of the molecule is Cc1cnn(C)c1-c1cnc2c3ccc(C(C)(C)O)cc3n(C(CCC(F)(F)F)c3ccccn3)c2c1.Cc1cnn(C)c1-c1cnc2c3ccc(C(C)(C)O)cc3n(C(CCC(F)(F)F)c3ccccn3)c2c1. The molecule has 10 rings (SSSR count). The van der Waals surface area contributed by atoms with Crippen LogP contribution >= 0.6 is 0 Å². The minimum absolute atomic E-state index is 0.193. The fourth-order valence-electron chi connectivity index (χ4n) is 9.99. The Labute approximate surface area is 423 Å². The maximum Gasteiger partial charge on any atom is 0.389 e. The number of halogens is 6. The fraction of sp³-hybridized carbons (Fsp3) is 0.321. The molecular weight excluding hydrogens is 959 g/mol. The molecule has 0 amide bonds. The van der Waals surface area contributed by atoms with Gasteiger partial charge in [0.25, 0.3) is 0 Å². The Bertz CT molecular complexity index is 3360. The molecule has 10 aromatic rings. The zero-order valence-electron chi connectivity index (χ0n) is 42.2. The molecule has 74 heavy (non-hydrogen) atoms. The van der Waals surface area contributed by atoms with E-state index < -0.39 is 48.5 Å². The van der Waals surface area contributed by atoms with Gasteiger partial charge in [0.15, 0.2) is 0 Å². The first-order valence-electron chi connectivity index (χ1n) is 24.1. The molecule has 0 saturated carbocycles. The van der Waals surface area contributed by atoms with Crippen molar-refractivity contribution < 1.29 is 36.6 Å². The molecule has 0 fully saturated rings. The van der Waals surface area contributed by atoms with Crippen molar-refractivity contribution in [3.8, 4) is 22.5 Å². The summed E-state index contributed by atoms with van der Waals surface area (Å²) in [5.41, 5.74) is 9.55. The van der Waals surface area contributed by atoms with Crippen LogP contribution in [0.5, 0.6) is 0 Å². The second-order valence-corrected chi connectivity index (χ2v) is 20.0. The van der Waals surface area contributed by atoms with Crippen LogP contribution in [-0.4, -0.2) is 71.2 Å². The smallest absolute Gasteiger partial charge is 0.386 e. The first-order chi connectivity index (χ1) is 34.9. The van der Waals surface area contributed by atoms with Crippen molar-refractivity contribution in [2.75, 3.05) is 0 Å². The summed E-state index contributed by atoms with van der Waals surface area (Å²) in [5.74, 6) is 0. The summed E-state index contributed by atoms with van der Waals surface area (Å²) < 4.78 is 88.2. The largest absolute Gasteiger partial charge is 0.389 e. The van der Waals surface area contributed by atoms with E-state index in [1.54, 1.807) is 111 Å². The van der Waals surface area contributed by atoms with E-state index in [0.717, 1.165) is 44.4 Å². The lowest BCUT2D eigenvalue weighted by atomic mass is 9.97. The molecule has 0 spiro atoms. The first kappa shape index (κ1) is 51.5. The number of hydrogen-bond donors (Lipinski definition) is 2. The summed E-state index contributed by atoms with van der Waals surface area (Å²) >= 11 is 0. The number of rotatable bonds is 12. The van der Waals surface area contributed by atoms with E-state index in [0.29, 0.717) is 55.6 Å². The van der Waals surface area contributed by atoms with Crippen LogP contribution in [0.1, 0.15) is 99.1 Å². The van der Waals surface area contributed by atoms with Gasteiger partial charge in [-0.05, 0) is 125 Å². The van der Waals surface area contributed by atoms with E-state index in [-0.39, 0.29) is 12.8 Å². The molecule has 0 aliphatic rings. The van der Waals surface area contributed by atoms with Crippen molar-refractivity contribution in [1.82, 2.24) is 48.6 Å². The Morgan fingerprint density at radius 3 is 1.20 bits per heavy atom. The van der Waals surface area contributed by atoms with E-state index >= 15 is 0 Å². The van der Waals surface area contributed by atoms with Crippen molar-refractivity contribution in [2.45, 2.75) is 103 Å². The number of pyridine rings is 4. The Morgan fingerprint density at radius 2 is 0.892 bits per heavy atom. The van der Waals surface area contributed by atoms with Crippen LogP contribution in [0.15, 0.2) is 122 Å². The molecule has 0 saturated heterocycles. The number of aliphatic hydroxyl groups is 2. The highest BCUT2D eigenvalue weighted by Crippen LogP contribution is 2.42. The summed E-state index contributed by atoms with van der Waals surface area (Å²) in [6.07, 6.45) is -0.695. The zero-order chi connectivity index (χ0) is 53.1. The van der Waals surface area contributed by atoms with Crippen molar-refractivity contribution >= 4 is 43.9 Å². The highest BCUT2D eigenvalue weighted by atomic mass is 19.4. The zero-order valence-corrected chi connectivity index (χ0v) is 42.2. The summed E-state index contributed by atoms with van der Waals surface area (Å²) in [6.45, 7) is 10.6. The van der Waals surface area contributed by atoms with Gasteiger partial charge >= 0.3 is 12.4 Å². The van der Waals surface area contributed by atoms with Crippen LogP contribution < -0.4 is 0 Å². The second-order valence-electron chi connectivity index (χ2n) is 20.0. The number of hydrogen-bond acceptors (Lipinski definition) is 8. The normalized spacial score (nSPS) is 13.5. The molecule has 0 aliphatic heterocycles. The third kappa shape index (κ3) is 10.4. The predicted octanol–water partition coefficient (Wildman–Crippen LogP) is 12.9. The Morgan fingerprint density at radius 1 is 0.500 bits per heavy atom. The number of aryl methyl sites for hydroxylation is 4. The lowest BCUT2D eigenvalue weighted by molar-refractivity contribution is -0.137. The molecule has 8 aromatic heterocycles. The van der Waals surface area contributed by atoms with Gasteiger partial charge in [0, 0.05) is 73.6 Å². The average Bonchev–Trinajstić information content (AvgIpc) is 4.07. The molecule has 2 atom stereocenters. The van der Waals surface area contributed by atoms with Gasteiger partial charge in [0.1, 0.15) is 0 Å². The van der Waals surface area contributed by atoms with Gasteiger partial charge in [0.05, 0.1) is 91.6 Å². The van der Waals surface area contributed by atoms with E-state index in [2.05, 4.69) is 20.2 Å². The van der Waals surface area contributed by atoms with Gasteiger partial charge in [-0.25, -0.2) is 0 Å². The minimum atomic E-state index is -4.32. The second kappa shape index (κ2) is 19.4. The van der Waals surface area contributed by atoms with E-state index in [1.807, 2.05) is 85.6 Å². The molecule has 384 valence electrons. The fourth-order valence-corrected chi connectivity index (χ4v) is 9.99. The number of benzene rings is 2. The van der Waals surface area contributed by atoms with Crippen LogP contribution in [0, 0.1) is 13.8 Å². The maximum absolute atomic E-state index is 13.5. The molecule has 0 aliphatic carbocycles. The summed E-state index contributed by atoms with van der Waals surface area (Å²) in [4.78, 5) is 18.5. The van der Waals surface area contributed by atoms with Gasteiger partial charge < -0.3 is 19.3 Å². The predicted molar refractivity (Wildman–Crippen MR) is 274 cm³/mol. The number of alkyl halides is 6. The van der Waals surface area contributed by atoms with Gasteiger partial charge in [-0.15, -0.1) is 0 Å². The van der Waals surface area contributed by atoms with Crippen LogP contribution in [0.25, 0.3) is 66.4 Å². The van der Waals surface area contributed by atoms with E-state index in [9.17, 15) is 36.6 Å². The third-order valence-corrected chi connectivity index (χ3v) is 13.6. The van der Waals surface area contributed by atoms with Gasteiger partial charge in [-0.1, -0.05) is 36.4 Å². The van der Waals surface area contributed by atoms with Crippen molar-refractivity contribution in [3.63, 3.8) is 0 Å². The Hall–Kier alpha value is -7.44. The van der Waals surface area contributed by atoms with Gasteiger partial charge in [-0.2, -0.15) is 36.5 Å². The Balaban J connectivity index is 0.000000182. The summed E-state index contributed by atoms with van der Waals surface area (Å²) in [7, 11) is 3.69. The molecule has 8 heterocycles. The molecule has 2 N–H and O–H groups in total. The van der Waals surface area contributed by atoms with E-state index in [1.165, 1.54) is 0 Å². The molecule has 18 heteroatoms. The first-order valence-corrected chi connectivity index (χ1v) is 24.1. The lowest BCUT2D eigenvalue weighted by Crippen LogP contribution is -2.18. The number of nitrogens with zero attached hydrogens (tertiary/aromatic N) is 10.